The number of halogens is 2. The first-order chi connectivity index (χ1) is 4.58. The van der Waals surface area contributed by atoms with Crippen LogP contribution >= 0.6 is 28.6 Å². The molecule has 0 saturated carbocycles. The van der Waals surface area contributed by atoms with Gasteiger partial charge in [0.05, 0.1) is 6.26 Å². The highest BCUT2D eigenvalue weighted by Gasteiger charge is 2.17. The fraction of sp³-hybridized carbons (Fsp3) is 0. The zero-order valence-electron chi connectivity index (χ0n) is 4.66. The molecule has 0 bridgehead atoms. The van der Waals surface area contributed by atoms with E-state index in [1.165, 1.54) is 12.3 Å². The summed E-state index contributed by atoms with van der Waals surface area (Å²) in [6, 6.07) is 3.02. The third kappa shape index (κ3) is 2.65. The van der Waals surface area contributed by atoms with E-state index in [4.69, 9.17) is 22.5 Å². The van der Waals surface area contributed by atoms with Gasteiger partial charge in [-0.25, -0.2) is 4.57 Å². The summed E-state index contributed by atoms with van der Waals surface area (Å²) in [5.41, 5.74) is 0. The highest BCUT2D eigenvalue weighted by molar-refractivity contribution is 8.05. The molecular formula is C4H3Cl2O3P. The van der Waals surface area contributed by atoms with E-state index >= 15 is 0 Å². The lowest BCUT2D eigenvalue weighted by atomic mass is 10.7. The van der Waals surface area contributed by atoms with Gasteiger partial charge in [-0.3, -0.25) is 0 Å². The van der Waals surface area contributed by atoms with Crippen molar-refractivity contribution in [2.75, 3.05) is 0 Å². The van der Waals surface area contributed by atoms with Crippen LogP contribution in [0, 0.1) is 0 Å². The number of hydrogen-bond acceptors (Lipinski definition) is 3. The fourth-order valence-corrected chi connectivity index (χ4v) is 1.14. The maximum atomic E-state index is 10.5. The standard InChI is InChI=1S/C4H3Cl2O3P/c5-10(6,7)9-4-2-1-3-8-4/h1-3H. The molecule has 0 spiro atoms. The van der Waals surface area contributed by atoms with E-state index in [2.05, 4.69) is 8.94 Å². The van der Waals surface area contributed by atoms with E-state index in [0.717, 1.165) is 0 Å². The highest BCUT2D eigenvalue weighted by atomic mass is 35.9. The number of furan rings is 1. The smallest absolute Gasteiger partial charge is 0.430 e. The summed E-state index contributed by atoms with van der Waals surface area (Å²) >= 11 is 10.1. The predicted octanol–water partition coefficient (Wildman–Crippen LogP) is 3.24. The van der Waals surface area contributed by atoms with Crippen LogP contribution in [-0.4, -0.2) is 0 Å². The Balaban J connectivity index is 2.66. The lowest BCUT2D eigenvalue weighted by Crippen LogP contribution is -1.75. The van der Waals surface area contributed by atoms with Gasteiger partial charge in [0.25, 0.3) is 5.95 Å². The largest absolute Gasteiger partial charge is 0.434 e. The zero-order chi connectivity index (χ0) is 7.61. The molecule has 0 atom stereocenters. The first-order valence-electron chi connectivity index (χ1n) is 2.30. The second-order valence-corrected chi connectivity index (χ2v) is 5.64. The summed E-state index contributed by atoms with van der Waals surface area (Å²) in [4.78, 5) is 0. The molecule has 1 aromatic heterocycles. The molecule has 6 heteroatoms. The Kier molecular flexibility index (Phi) is 2.29. The summed E-state index contributed by atoms with van der Waals surface area (Å²) < 4.78 is 19.6. The molecule has 3 nitrogen and oxygen atoms in total. The summed E-state index contributed by atoms with van der Waals surface area (Å²) in [6.45, 7) is 0. The Morgan fingerprint density at radius 2 is 2.30 bits per heavy atom. The Labute approximate surface area is 66.9 Å². The lowest BCUT2D eigenvalue weighted by Gasteiger charge is -1.99. The van der Waals surface area contributed by atoms with Gasteiger partial charge < -0.3 is 8.94 Å². The molecule has 0 aliphatic heterocycles. The second kappa shape index (κ2) is 2.87. The van der Waals surface area contributed by atoms with Gasteiger partial charge in [0.1, 0.15) is 0 Å². The van der Waals surface area contributed by atoms with Gasteiger partial charge >= 0.3 is 6.07 Å². The van der Waals surface area contributed by atoms with Gasteiger partial charge in [-0.05, 0) is 6.07 Å². The summed E-state index contributed by atoms with van der Waals surface area (Å²) in [5.74, 6) is 0.0494. The molecule has 1 aromatic rings. The van der Waals surface area contributed by atoms with E-state index in [-0.39, 0.29) is 5.95 Å². The molecular weight excluding hydrogens is 198 g/mol. The van der Waals surface area contributed by atoms with Crippen LogP contribution in [0.3, 0.4) is 0 Å². The average Bonchev–Trinajstić information content (AvgIpc) is 2.12. The minimum Gasteiger partial charge on any atom is -0.434 e. The van der Waals surface area contributed by atoms with E-state index in [1.54, 1.807) is 6.07 Å². The van der Waals surface area contributed by atoms with Gasteiger partial charge in [0, 0.05) is 28.5 Å². The molecule has 0 fully saturated rings. The van der Waals surface area contributed by atoms with Crippen molar-refractivity contribution in [1.29, 1.82) is 0 Å². The minimum absolute atomic E-state index is 0.0494. The minimum atomic E-state index is -3.50. The molecule has 0 aliphatic rings. The van der Waals surface area contributed by atoms with Crippen LogP contribution in [0.1, 0.15) is 0 Å². The van der Waals surface area contributed by atoms with E-state index < -0.39 is 6.07 Å². The third-order valence-electron chi connectivity index (χ3n) is 0.691. The molecule has 56 valence electrons. The summed E-state index contributed by atoms with van der Waals surface area (Å²) in [5, 5.41) is 0. The van der Waals surface area contributed by atoms with Crippen molar-refractivity contribution in [1.82, 2.24) is 0 Å². The second-order valence-electron chi connectivity index (χ2n) is 1.44. The first kappa shape index (κ1) is 7.99. The van der Waals surface area contributed by atoms with Crippen molar-refractivity contribution >= 4 is 28.6 Å². The van der Waals surface area contributed by atoms with Crippen LogP contribution < -0.4 is 4.52 Å². The average molecular weight is 201 g/mol. The maximum absolute atomic E-state index is 10.5. The van der Waals surface area contributed by atoms with Crippen LogP contribution in [-0.2, 0) is 4.57 Å². The molecule has 0 N–H and O–H groups in total. The topological polar surface area (TPSA) is 39.4 Å². The molecule has 0 amide bonds. The monoisotopic (exact) mass is 200 g/mol. The molecule has 1 heterocycles. The van der Waals surface area contributed by atoms with Crippen molar-refractivity contribution in [2.24, 2.45) is 0 Å². The van der Waals surface area contributed by atoms with E-state index in [9.17, 15) is 4.57 Å². The van der Waals surface area contributed by atoms with Crippen LogP contribution in [0.4, 0.5) is 0 Å². The van der Waals surface area contributed by atoms with Gasteiger partial charge in [-0.15, -0.1) is 0 Å². The first-order valence-corrected chi connectivity index (χ1v) is 5.74. The number of rotatable bonds is 2. The third-order valence-corrected chi connectivity index (χ3v) is 1.50. The van der Waals surface area contributed by atoms with Crippen LogP contribution in [0.15, 0.2) is 22.8 Å². The van der Waals surface area contributed by atoms with Crippen molar-refractivity contribution in [3.8, 4) is 5.95 Å². The normalized spacial score (nSPS) is 11.4. The fourth-order valence-electron chi connectivity index (χ4n) is 0.420. The molecule has 1 rings (SSSR count). The molecule has 10 heavy (non-hydrogen) atoms. The maximum Gasteiger partial charge on any atom is 0.430 e. The van der Waals surface area contributed by atoms with E-state index in [0.29, 0.717) is 0 Å². The Morgan fingerprint density at radius 3 is 2.70 bits per heavy atom. The molecule has 0 aromatic carbocycles. The quantitative estimate of drug-likeness (QED) is 0.689. The molecule has 0 saturated heterocycles. The van der Waals surface area contributed by atoms with Crippen molar-refractivity contribution in [3.05, 3.63) is 18.4 Å². The molecule has 0 radical (unpaired) electrons. The molecule has 0 aliphatic carbocycles. The van der Waals surface area contributed by atoms with Crippen molar-refractivity contribution in [3.63, 3.8) is 0 Å². The van der Waals surface area contributed by atoms with Crippen LogP contribution in [0.2, 0.25) is 0 Å². The highest BCUT2D eigenvalue weighted by Crippen LogP contribution is 2.57. The molecule has 0 unspecified atom stereocenters. The Bertz CT molecular complexity index is 239. The van der Waals surface area contributed by atoms with Gasteiger partial charge in [0.2, 0.25) is 0 Å². The summed E-state index contributed by atoms with van der Waals surface area (Å²) in [7, 11) is 0. The van der Waals surface area contributed by atoms with Crippen molar-refractivity contribution < 1.29 is 13.5 Å². The SMILES string of the molecule is O=P(Cl)(Cl)Oc1ccco1. The van der Waals surface area contributed by atoms with Gasteiger partial charge in [0.15, 0.2) is 0 Å². The number of hydrogen-bond donors (Lipinski definition) is 0. The van der Waals surface area contributed by atoms with Crippen LogP contribution in [0.5, 0.6) is 5.95 Å². The summed E-state index contributed by atoms with van der Waals surface area (Å²) in [6.07, 6.45) is -2.14. The zero-order valence-corrected chi connectivity index (χ0v) is 7.07. The lowest BCUT2D eigenvalue weighted by molar-refractivity contribution is 0.395. The van der Waals surface area contributed by atoms with Crippen molar-refractivity contribution in [2.45, 2.75) is 0 Å². The van der Waals surface area contributed by atoms with Crippen LogP contribution in [0.25, 0.3) is 0 Å². The van der Waals surface area contributed by atoms with Gasteiger partial charge in [-0.1, -0.05) is 0 Å². The Morgan fingerprint density at radius 1 is 1.60 bits per heavy atom. The predicted molar refractivity (Wildman–Crippen MR) is 38.6 cm³/mol. The van der Waals surface area contributed by atoms with Gasteiger partial charge in [-0.2, -0.15) is 0 Å². The van der Waals surface area contributed by atoms with E-state index in [1.807, 2.05) is 0 Å². The Hall–Kier alpha value is -0.110.